The normalized spacial score (nSPS) is 37.3. The number of hydrogen-bond donors (Lipinski definition) is 2. The van der Waals surface area contributed by atoms with Gasteiger partial charge in [0.25, 0.3) is 0 Å². The lowest BCUT2D eigenvalue weighted by Gasteiger charge is -2.61. The van der Waals surface area contributed by atoms with E-state index in [0.29, 0.717) is 29.1 Å². The maximum atomic E-state index is 12.8. The van der Waals surface area contributed by atoms with Crippen LogP contribution in [0, 0.1) is 58.2 Å². The van der Waals surface area contributed by atoms with Gasteiger partial charge in [0.1, 0.15) is 6.04 Å². The molecule has 5 nitrogen and oxygen atoms in total. The predicted octanol–water partition coefficient (Wildman–Crippen LogP) is 8.29. The molecule has 4 rings (SSSR count). The van der Waals surface area contributed by atoms with Gasteiger partial charge in [-0.25, -0.2) is 4.79 Å². The standard InChI is InChI=1S/C37H66N2O3/c1-25(2)34(35(41)42-6)39-33(40)18-13-26(3)30-16-17-31-29-15-14-28-24-27(12-10-8-7-9-11-23-38)19-21-36(28,4)32(29)20-22-37(30,31)5/h25-32,34H,7-24,38H2,1-6H3,(H,39,40)/t26-,27+,28-,29?,30-,31?,32?,34-,36+,37-/m1/s1. The highest BCUT2D eigenvalue weighted by molar-refractivity contribution is 5.84. The van der Waals surface area contributed by atoms with Crippen LogP contribution in [-0.2, 0) is 14.3 Å². The van der Waals surface area contributed by atoms with Crippen molar-refractivity contribution in [3.05, 3.63) is 0 Å². The van der Waals surface area contributed by atoms with Gasteiger partial charge in [0.15, 0.2) is 0 Å². The summed E-state index contributed by atoms with van der Waals surface area (Å²) in [5.74, 6) is 5.55. The largest absolute Gasteiger partial charge is 0.467 e. The van der Waals surface area contributed by atoms with Gasteiger partial charge in [-0.15, -0.1) is 0 Å². The third-order valence-corrected chi connectivity index (χ3v) is 13.6. The van der Waals surface area contributed by atoms with Crippen LogP contribution in [0.2, 0.25) is 0 Å². The zero-order valence-electron chi connectivity index (χ0n) is 28.2. The fourth-order valence-corrected chi connectivity index (χ4v) is 11.1. The Morgan fingerprint density at radius 1 is 0.881 bits per heavy atom. The maximum Gasteiger partial charge on any atom is 0.328 e. The van der Waals surface area contributed by atoms with E-state index in [9.17, 15) is 9.59 Å². The topological polar surface area (TPSA) is 81.4 Å². The maximum absolute atomic E-state index is 12.8. The number of carbonyl (C=O) groups excluding carboxylic acids is 2. The van der Waals surface area contributed by atoms with E-state index in [1.54, 1.807) is 0 Å². The number of amides is 1. The van der Waals surface area contributed by atoms with Crippen molar-refractivity contribution in [2.45, 2.75) is 150 Å². The molecule has 1 amide bonds. The SMILES string of the molecule is COC(=O)[C@H](NC(=O)CC[C@@H](C)[C@H]1CCC2C3CC[C@@H]4C[C@@H](CCCCCCCN)CC[C@]4(C)C3CC[C@@]21C)C(C)C. The van der Waals surface area contributed by atoms with Gasteiger partial charge in [0.05, 0.1) is 7.11 Å². The van der Waals surface area contributed by atoms with Crippen molar-refractivity contribution in [3.63, 3.8) is 0 Å². The second-order valence-electron chi connectivity index (χ2n) is 16.2. The zero-order valence-corrected chi connectivity index (χ0v) is 28.2. The second kappa shape index (κ2) is 14.8. The van der Waals surface area contributed by atoms with Crippen molar-refractivity contribution in [1.82, 2.24) is 5.32 Å². The van der Waals surface area contributed by atoms with Crippen LogP contribution in [-0.4, -0.2) is 31.6 Å². The van der Waals surface area contributed by atoms with E-state index >= 15 is 0 Å². The molecule has 0 aliphatic heterocycles. The van der Waals surface area contributed by atoms with Gasteiger partial charge >= 0.3 is 5.97 Å². The van der Waals surface area contributed by atoms with E-state index in [1.807, 2.05) is 13.8 Å². The molecule has 0 aromatic carbocycles. The molecule has 242 valence electrons. The number of methoxy groups -OCH3 is 1. The van der Waals surface area contributed by atoms with Gasteiger partial charge in [-0.1, -0.05) is 66.7 Å². The highest BCUT2D eigenvalue weighted by Gasteiger charge is 2.60. The van der Waals surface area contributed by atoms with Crippen LogP contribution in [0.15, 0.2) is 0 Å². The van der Waals surface area contributed by atoms with E-state index in [0.717, 1.165) is 42.6 Å². The average Bonchev–Trinajstić information content (AvgIpc) is 3.33. The Labute approximate surface area is 258 Å². The van der Waals surface area contributed by atoms with Crippen LogP contribution in [0.4, 0.5) is 0 Å². The Kier molecular flexibility index (Phi) is 11.9. The van der Waals surface area contributed by atoms with Gasteiger partial charge in [-0.3, -0.25) is 4.79 Å². The fraction of sp³-hybridized carbons (Fsp3) is 0.946. The average molecular weight is 587 g/mol. The summed E-state index contributed by atoms with van der Waals surface area (Å²) >= 11 is 0. The Balaban J connectivity index is 1.29. The molecule has 4 aliphatic rings. The predicted molar refractivity (Wildman–Crippen MR) is 173 cm³/mol. The summed E-state index contributed by atoms with van der Waals surface area (Å²) in [6, 6.07) is -0.556. The quantitative estimate of drug-likeness (QED) is 0.158. The van der Waals surface area contributed by atoms with Crippen LogP contribution >= 0.6 is 0 Å². The molecule has 0 aromatic heterocycles. The minimum atomic E-state index is -0.556. The molecule has 0 radical (unpaired) electrons. The molecular weight excluding hydrogens is 520 g/mol. The summed E-state index contributed by atoms with van der Waals surface area (Å²) in [6.45, 7) is 12.5. The highest BCUT2D eigenvalue weighted by atomic mass is 16.5. The molecule has 10 atom stereocenters. The number of nitrogens with one attached hydrogen (secondary N) is 1. The molecule has 3 unspecified atom stereocenters. The molecule has 4 fully saturated rings. The lowest BCUT2D eigenvalue weighted by Crippen LogP contribution is -2.53. The Hall–Kier alpha value is -1.10. The number of rotatable bonds is 14. The minimum absolute atomic E-state index is 0.0113. The summed E-state index contributed by atoms with van der Waals surface area (Å²) in [5, 5.41) is 2.95. The van der Waals surface area contributed by atoms with Crippen LogP contribution in [0.25, 0.3) is 0 Å². The summed E-state index contributed by atoms with van der Waals surface area (Å²) < 4.78 is 4.92. The first-order valence-electron chi connectivity index (χ1n) is 18.1. The molecule has 4 saturated carbocycles. The molecule has 0 heterocycles. The first-order chi connectivity index (χ1) is 20.0. The van der Waals surface area contributed by atoms with Gasteiger partial charge in [0, 0.05) is 6.42 Å². The van der Waals surface area contributed by atoms with Crippen LogP contribution in [0.1, 0.15) is 144 Å². The number of unbranched alkanes of at least 4 members (excludes halogenated alkanes) is 4. The first-order valence-corrected chi connectivity index (χ1v) is 18.1. The van der Waals surface area contributed by atoms with E-state index < -0.39 is 6.04 Å². The van der Waals surface area contributed by atoms with Crippen molar-refractivity contribution in [2.24, 2.45) is 63.9 Å². The summed E-state index contributed by atoms with van der Waals surface area (Å²) in [4.78, 5) is 24.9. The smallest absolute Gasteiger partial charge is 0.328 e. The molecule has 42 heavy (non-hydrogen) atoms. The Morgan fingerprint density at radius 3 is 2.29 bits per heavy atom. The molecule has 0 aromatic rings. The van der Waals surface area contributed by atoms with Crippen LogP contribution in [0.5, 0.6) is 0 Å². The third kappa shape index (κ3) is 7.23. The van der Waals surface area contributed by atoms with Gasteiger partial charge in [-0.2, -0.15) is 0 Å². The number of ether oxygens (including phenoxy) is 1. The van der Waals surface area contributed by atoms with Crippen molar-refractivity contribution in [1.29, 1.82) is 0 Å². The van der Waals surface area contributed by atoms with E-state index in [1.165, 1.54) is 103 Å². The van der Waals surface area contributed by atoms with E-state index in [4.69, 9.17) is 10.5 Å². The fourth-order valence-electron chi connectivity index (χ4n) is 11.1. The van der Waals surface area contributed by atoms with Crippen molar-refractivity contribution in [3.8, 4) is 0 Å². The van der Waals surface area contributed by atoms with Crippen molar-refractivity contribution in [2.75, 3.05) is 13.7 Å². The van der Waals surface area contributed by atoms with Gasteiger partial charge in [0.2, 0.25) is 5.91 Å². The molecule has 0 bridgehead atoms. The summed E-state index contributed by atoms with van der Waals surface area (Å²) in [5.41, 5.74) is 6.66. The molecule has 0 spiro atoms. The zero-order chi connectivity index (χ0) is 30.5. The Bertz CT molecular complexity index is 890. The lowest BCUT2D eigenvalue weighted by atomic mass is 9.44. The molecule has 0 saturated heterocycles. The number of carbonyl (C=O) groups is 2. The van der Waals surface area contributed by atoms with E-state index in [-0.39, 0.29) is 17.8 Å². The van der Waals surface area contributed by atoms with Gasteiger partial charge in [-0.05, 0) is 135 Å². The molecular formula is C37H66N2O3. The third-order valence-electron chi connectivity index (χ3n) is 13.6. The molecule has 5 heteroatoms. The van der Waals surface area contributed by atoms with Crippen LogP contribution in [0.3, 0.4) is 0 Å². The van der Waals surface area contributed by atoms with Crippen molar-refractivity contribution < 1.29 is 14.3 Å². The second-order valence-corrected chi connectivity index (χ2v) is 16.2. The monoisotopic (exact) mass is 587 g/mol. The first kappa shape index (κ1) is 33.8. The van der Waals surface area contributed by atoms with Crippen molar-refractivity contribution >= 4 is 11.9 Å². The van der Waals surface area contributed by atoms with Crippen LogP contribution < -0.4 is 11.1 Å². The number of hydrogen-bond acceptors (Lipinski definition) is 4. The minimum Gasteiger partial charge on any atom is -0.467 e. The Morgan fingerprint density at radius 2 is 1.57 bits per heavy atom. The van der Waals surface area contributed by atoms with Gasteiger partial charge < -0.3 is 15.8 Å². The highest BCUT2D eigenvalue weighted by Crippen LogP contribution is 2.68. The number of esters is 1. The molecule has 4 aliphatic carbocycles. The number of nitrogens with two attached hydrogens (primary N) is 1. The number of fused-ring (bicyclic) bond motifs is 5. The summed E-state index contributed by atoms with van der Waals surface area (Å²) in [7, 11) is 1.39. The van der Waals surface area contributed by atoms with E-state index in [2.05, 4.69) is 26.1 Å². The summed E-state index contributed by atoms with van der Waals surface area (Å²) in [6.07, 6.45) is 22.5. The lowest BCUT2D eigenvalue weighted by molar-refractivity contribution is -0.146. The molecule has 3 N–H and O–H groups in total.